The van der Waals surface area contributed by atoms with Crippen LogP contribution in [0.2, 0.25) is 0 Å². The monoisotopic (exact) mass is 287 g/mol. The van der Waals surface area contributed by atoms with Crippen LogP contribution in [0.15, 0.2) is 17.0 Å². The van der Waals surface area contributed by atoms with Gasteiger partial charge in [0.15, 0.2) is 11.5 Å². The van der Waals surface area contributed by atoms with Crippen molar-refractivity contribution in [1.82, 2.24) is 5.48 Å². The van der Waals surface area contributed by atoms with Gasteiger partial charge in [-0.15, -0.1) is 11.8 Å². The van der Waals surface area contributed by atoms with E-state index in [2.05, 4.69) is 5.48 Å². The van der Waals surface area contributed by atoms with Crippen LogP contribution in [0.5, 0.6) is 11.5 Å². The average molecular weight is 287 g/mol. The first-order valence-electron chi connectivity index (χ1n) is 5.89. The molecule has 1 aromatic carbocycles. The summed E-state index contributed by atoms with van der Waals surface area (Å²) in [5, 5.41) is 0. The molecule has 6 heteroatoms. The molecule has 0 saturated heterocycles. The number of nitrogens with one attached hydrogen (secondary N) is 1. The molecule has 108 valence electrons. The Labute approximate surface area is 118 Å². The second kappa shape index (κ2) is 9.03. The van der Waals surface area contributed by atoms with Gasteiger partial charge in [0, 0.05) is 18.6 Å². The van der Waals surface area contributed by atoms with Gasteiger partial charge in [0.25, 0.3) is 0 Å². The summed E-state index contributed by atoms with van der Waals surface area (Å²) >= 11 is 1.66. The number of methoxy groups -OCH3 is 3. The molecule has 1 rings (SSSR count). The van der Waals surface area contributed by atoms with Crippen LogP contribution in [-0.4, -0.2) is 40.8 Å². The summed E-state index contributed by atoms with van der Waals surface area (Å²) < 4.78 is 15.5. The van der Waals surface area contributed by atoms with E-state index < -0.39 is 0 Å². The number of thioether (sulfide) groups is 1. The minimum absolute atomic E-state index is 0.512. The molecule has 0 amide bonds. The maximum absolute atomic E-state index is 5.30. The third-order valence-electron chi connectivity index (χ3n) is 2.54. The number of rotatable bonds is 9. The second-order valence-electron chi connectivity index (χ2n) is 3.68. The summed E-state index contributed by atoms with van der Waals surface area (Å²) in [4.78, 5) is 6.38. The van der Waals surface area contributed by atoms with E-state index in [4.69, 9.17) is 19.0 Å². The van der Waals surface area contributed by atoms with Gasteiger partial charge in [0.2, 0.25) is 0 Å². The molecular weight excluding hydrogens is 266 g/mol. The Morgan fingerprint density at radius 3 is 2.32 bits per heavy atom. The van der Waals surface area contributed by atoms with Crippen LogP contribution >= 0.6 is 11.8 Å². The quantitative estimate of drug-likeness (QED) is 0.426. The first-order valence-corrected chi connectivity index (χ1v) is 7.11. The summed E-state index contributed by atoms with van der Waals surface area (Å²) in [5.41, 5.74) is 4.01. The molecule has 1 aromatic rings. The largest absolute Gasteiger partial charge is 0.493 e. The normalized spacial score (nSPS) is 10.5. The summed E-state index contributed by atoms with van der Waals surface area (Å²) in [6.45, 7) is 1.67. The fraction of sp³-hybridized carbons (Fsp3) is 0.538. The van der Waals surface area contributed by atoms with Gasteiger partial charge in [0.1, 0.15) is 0 Å². The number of ether oxygens (including phenoxy) is 3. The zero-order valence-corrected chi connectivity index (χ0v) is 12.6. The van der Waals surface area contributed by atoms with Gasteiger partial charge >= 0.3 is 0 Å². The maximum atomic E-state index is 5.30. The zero-order chi connectivity index (χ0) is 14.1. The van der Waals surface area contributed by atoms with Crippen molar-refractivity contribution >= 4 is 11.8 Å². The van der Waals surface area contributed by atoms with E-state index >= 15 is 0 Å². The number of benzene rings is 1. The Morgan fingerprint density at radius 1 is 1.05 bits per heavy atom. The van der Waals surface area contributed by atoms with Gasteiger partial charge in [0.05, 0.1) is 27.4 Å². The van der Waals surface area contributed by atoms with Crippen molar-refractivity contribution in [3.63, 3.8) is 0 Å². The molecule has 0 fully saturated rings. The fourth-order valence-corrected chi connectivity index (χ4v) is 2.17. The lowest BCUT2D eigenvalue weighted by molar-refractivity contribution is 0.00315. The van der Waals surface area contributed by atoms with Crippen LogP contribution in [0.25, 0.3) is 0 Å². The van der Waals surface area contributed by atoms with Crippen molar-refractivity contribution in [3.05, 3.63) is 17.7 Å². The first kappa shape index (κ1) is 16.1. The predicted octanol–water partition coefficient (Wildman–Crippen LogP) is 2.09. The van der Waals surface area contributed by atoms with E-state index in [0.717, 1.165) is 16.2 Å². The van der Waals surface area contributed by atoms with Crippen LogP contribution in [-0.2, 0) is 16.1 Å². The molecule has 0 aliphatic heterocycles. The molecule has 0 aliphatic carbocycles. The molecular formula is C13H21NO4S. The van der Waals surface area contributed by atoms with Crippen LogP contribution in [0.3, 0.4) is 0 Å². The van der Waals surface area contributed by atoms with Gasteiger partial charge in [-0.2, -0.15) is 5.48 Å². The zero-order valence-electron chi connectivity index (χ0n) is 11.8. The van der Waals surface area contributed by atoms with E-state index in [9.17, 15) is 0 Å². The third kappa shape index (κ3) is 4.91. The van der Waals surface area contributed by atoms with Gasteiger partial charge in [-0.25, -0.2) is 0 Å². The Bertz CT molecular complexity index is 387. The Balaban J connectivity index is 2.70. The predicted molar refractivity (Wildman–Crippen MR) is 76.0 cm³/mol. The molecule has 0 heterocycles. The fourth-order valence-electron chi connectivity index (χ4n) is 1.56. The van der Waals surface area contributed by atoms with Crippen LogP contribution in [0, 0.1) is 0 Å². The molecule has 0 bridgehead atoms. The third-order valence-corrected chi connectivity index (χ3v) is 3.36. The Morgan fingerprint density at radius 2 is 1.74 bits per heavy atom. The van der Waals surface area contributed by atoms with Crippen molar-refractivity contribution < 1.29 is 19.0 Å². The smallest absolute Gasteiger partial charge is 0.161 e. The minimum Gasteiger partial charge on any atom is -0.493 e. The number of hydrogen-bond acceptors (Lipinski definition) is 6. The molecule has 0 aliphatic rings. The highest BCUT2D eigenvalue weighted by molar-refractivity contribution is 7.98. The second-order valence-corrected chi connectivity index (χ2v) is 4.53. The van der Waals surface area contributed by atoms with Crippen molar-refractivity contribution in [3.8, 4) is 11.5 Å². The van der Waals surface area contributed by atoms with Gasteiger partial charge < -0.3 is 14.2 Å². The summed E-state index contributed by atoms with van der Waals surface area (Å²) in [7, 11) is 4.90. The summed E-state index contributed by atoms with van der Waals surface area (Å²) in [6, 6.07) is 3.92. The maximum Gasteiger partial charge on any atom is 0.161 e. The SMILES string of the molecule is COCCONCc1cc(OC)c(OC)cc1SC. The summed E-state index contributed by atoms with van der Waals surface area (Å²) in [6.07, 6.45) is 2.02. The lowest BCUT2D eigenvalue weighted by Crippen LogP contribution is -2.17. The van der Waals surface area contributed by atoms with Crippen molar-refractivity contribution in [2.24, 2.45) is 0 Å². The van der Waals surface area contributed by atoms with Gasteiger partial charge in [-0.05, 0) is 24.0 Å². The standard InChI is InChI=1S/C13H21NO4S/c1-15-5-6-18-14-9-10-7-11(16-2)12(17-3)8-13(10)19-4/h7-8,14H,5-6,9H2,1-4H3. The molecule has 1 N–H and O–H groups in total. The molecule has 0 spiro atoms. The van der Waals surface area contributed by atoms with Crippen LogP contribution < -0.4 is 15.0 Å². The first-order chi connectivity index (χ1) is 9.26. The van der Waals surface area contributed by atoms with E-state index in [1.165, 1.54) is 0 Å². The average Bonchev–Trinajstić information content (AvgIpc) is 2.46. The molecule has 0 aromatic heterocycles. The molecule has 5 nitrogen and oxygen atoms in total. The lowest BCUT2D eigenvalue weighted by Gasteiger charge is -2.14. The minimum atomic E-state index is 0.512. The van der Waals surface area contributed by atoms with Gasteiger partial charge in [-0.1, -0.05) is 0 Å². The van der Waals surface area contributed by atoms with E-state index in [-0.39, 0.29) is 0 Å². The Kier molecular flexibility index (Phi) is 7.66. The highest BCUT2D eigenvalue weighted by Crippen LogP contribution is 2.34. The van der Waals surface area contributed by atoms with Crippen molar-refractivity contribution in [2.75, 3.05) is 40.8 Å². The number of hydroxylamine groups is 1. The Hall–Kier alpha value is -0.950. The van der Waals surface area contributed by atoms with E-state index in [0.29, 0.717) is 25.5 Å². The molecule has 0 unspecified atom stereocenters. The molecule has 19 heavy (non-hydrogen) atoms. The molecule has 0 atom stereocenters. The topological polar surface area (TPSA) is 49.0 Å². The van der Waals surface area contributed by atoms with E-state index in [1.807, 2.05) is 18.4 Å². The van der Waals surface area contributed by atoms with Crippen LogP contribution in [0.4, 0.5) is 0 Å². The van der Waals surface area contributed by atoms with Crippen molar-refractivity contribution in [1.29, 1.82) is 0 Å². The molecule has 0 radical (unpaired) electrons. The van der Waals surface area contributed by atoms with Gasteiger partial charge in [-0.3, -0.25) is 4.84 Å². The van der Waals surface area contributed by atoms with Crippen molar-refractivity contribution in [2.45, 2.75) is 11.4 Å². The summed E-state index contributed by atoms with van der Waals surface area (Å²) in [5.74, 6) is 1.45. The number of hydrogen-bond donors (Lipinski definition) is 1. The van der Waals surface area contributed by atoms with Crippen LogP contribution in [0.1, 0.15) is 5.56 Å². The highest BCUT2D eigenvalue weighted by atomic mass is 32.2. The van der Waals surface area contributed by atoms with E-state index in [1.54, 1.807) is 33.1 Å². The lowest BCUT2D eigenvalue weighted by atomic mass is 10.2. The highest BCUT2D eigenvalue weighted by Gasteiger charge is 2.10. The molecule has 0 saturated carbocycles.